The van der Waals surface area contributed by atoms with Gasteiger partial charge >= 0.3 is 5.97 Å². The number of carbonyl (C=O) groups excluding carboxylic acids is 1. The van der Waals surface area contributed by atoms with Crippen LogP contribution >= 0.6 is 0 Å². The van der Waals surface area contributed by atoms with E-state index in [2.05, 4.69) is 25.6 Å². The maximum absolute atomic E-state index is 12.6. The summed E-state index contributed by atoms with van der Waals surface area (Å²) >= 11 is 0. The van der Waals surface area contributed by atoms with Crippen molar-refractivity contribution in [2.75, 3.05) is 12.4 Å². The van der Waals surface area contributed by atoms with Crippen LogP contribution in [0.2, 0.25) is 0 Å². The van der Waals surface area contributed by atoms with Crippen LogP contribution in [0.4, 0.5) is 5.69 Å². The summed E-state index contributed by atoms with van der Waals surface area (Å²) in [7, 11) is 1.79. The first-order valence-corrected chi connectivity index (χ1v) is 7.67. The van der Waals surface area contributed by atoms with E-state index in [0.717, 1.165) is 5.69 Å². The molecule has 0 fully saturated rings. The Morgan fingerprint density at radius 2 is 1.96 bits per heavy atom. The van der Waals surface area contributed by atoms with Crippen LogP contribution in [-0.4, -0.2) is 39.0 Å². The number of carbonyl (C=O) groups is 2. The number of H-pyrrole nitrogens is 1. The van der Waals surface area contributed by atoms with E-state index in [1.807, 2.05) is 12.1 Å². The molecule has 128 valence electrons. The Balaban J connectivity index is 1.87. The number of carboxylic acid groups (broad SMARTS) is 1. The quantitative estimate of drug-likeness (QED) is 0.545. The van der Waals surface area contributed by atoms with E-state index in [4.69, 9.17) is 0 Å². The van der Waals surface area contributed by atoms with Gasteiger partial charge in [-0.15, -0.1) is 0 Å². The van der Waals surface area contributed by atoms with Crippen LogP contribution in [0.3, 0.4) is 0 Å². The topological polar surface area (TPSA) is 120 Å². The first-order chi connectivity index (χ1) is 12.1. The van der Waals surface area contributed by atoms with Gasteiger partial charge in [0, 0.05) is 18.9 Å². The van der Waals surface area contributed by atoms with Gasteiger partial charge < -0.3 is 20.7 Å². The van der Waals surface area contributed by atoms with E-state index in [0.29, 0.717) is 16.6 Å². The number of aromatic nitrogens is 3. The summed E-state index contributed by atoms with van der Waals surface area (Å²) in [5.41, 5.74) is 2.35. The van der Waals surface area contributed by atoms with Crippen molar-refractivity contribution in [3.8, 4) is 0 Å². The monoisotopic (exact) mass is 339 g/mol. The molecule has 1 atom stereocenters. The minimum absolute atomic E-state index is 0.202. The highest BCUT2D eigenvalue weighted by atomic mass is 16.4. The van der Waals surface area contributed by atoms with Crippen molar-refractivity contribution < 1.29 is 14.7 Å². The zero-order valence-corrected chi connectivity index (χ0v) is 13.5. The molecule has 0 aliphatic carbocycles. The number of hydrogen-bond donors (Lipinski definition) is 4. The summed E-state index contributed by atoms with van der Waals surface area (Å²) in [5.74, 6) is -1.45. The Labute approximate surface area is 143 Å². The van der Waals surface area contributed by atoms with Crippen molar-refractivity contribution in [3.05, 3.63) is 54.1 Å². The number of rotatable bonds is 6. The van der Waals surface area contributed by atoms with Gasteiger partial charge in [0.15, 0.2) is 0 Å². The lowest BCUT2D eigenvalue weighted by Gasteiger charge is -2.18. The zero-order chi connectivity index (χ0) is 17.8. The molecule has 0 radical (unpaired) electrons. The SMILES string of the molecule is CNc1ccc([C@@H](CC(=O)O)NC(=O)c2ncnc3[nH]ccc23)cc1. The van der Waals surface area contributed by atoms with Crippen LogP contribution in [0.25, 0.3) is 11.0 Å². The summed E-state index contributed by atoms with van der Waals surface area (Å²) < 4.78 is 0. The summed E-state index contributed by atoms with van der Waals surface area (Å²) in [5, 5.41) is 15.5. The van der Waals surface area contributed by atoms with Crippen molar-refractivity contribution >= 4 is 28.6 Å². The first kappa shape index (κ1) is 16.4. The molecule has 0 unspecified atom stereocenters. The molecular formula is C17H17N5O3. The number of nitrogens with zero attached hydrogens (tertiary/aromatic N) is 2. The number of carboxylic acids is 1. The Morgan fingerprint density at radius 3 is 2.64 bits per heavy atom. The average Bonchev–Trinajstić information content (AvgIpc) is 3.09. The maximum atomic E-state index is 12.6. The fourth-order valence-corrected chi connectivity index (χ4v) is 2.59. The van der Waals surface area contributed by atoms with Crippen LogP contribution in [0, 0.1) is 0 Å². The van der Waals surface area contributed by atoms with Crippen molar-refractivity contribution in [3.63, 3.8) is 0 Å². The largest absolute Gasteiger partial charge is 0.481 e. The number of anilines is 1. The van der Waals surface area contributed by atoms with Gasteiger partial charge in [-0.2, -0.15) is 0 Å². The highest BCUT2D eigenvalue weighted by Gasteiger charge is 2.21. The van der Waals surface area contributed by atoms with Crippen LogP contribution < -0.4 is 10.6 Å². The first-order valence-electron chi connectivity index (χ1n) is 7.67. The highest BCUT2D eigenvalue weighted by Crippen LogP contribution is 2.21. The molecule has 3 aromatic rings. The molecule has 0 spiro atoms. The minimum atomic E-state index is -1.00. The van der Waals surface area contributed by atoms with E-state index >= 15 is 0 Å². The number of amides is 1. The van der Waals surface area contributed by atoms with E-state index in [-0.39, 0.29) is 12.1 Å². The summed E-state index contributed by atoms with van der Waals surface area (Å²) in [6.45, 7) is 0. The fourth-order valence-electron chi connectivity index (χ4n) is 2.59. The van der Waals surface area contributed by atoms with Crippen molar-refractivity contribution in [1.82, 2.24) is 20.3 Å². The van der Waals surface area contributed by atoms with Gasteiger partial charge in [-0.1, -0.05) is 12.1 Å². The predicted octanol–water partition coefficient (Wildman–Crippen LogP) is 1.95. The number of benzene rings is 1. The highest BCUT2D eigenvalue weighted by molar-refractivity contribution is 6.03. The number of aromatic amines is 1. The molecule has 0 bridgehead atoms. The van der Waals surface area contributed by atoms with Gasteiger partial charge in [0.05, 0.1) is 17.8 Å². The lowest BCUT2D eigenvalue weighted by molar-refractivity contribution is -0.137. The molecule has 25 heavy (non-hydrogen) atoms. The number of hydrogen-bond acceptors (Lipinski definition) is 5. The number of fused-ring (bicyclic) bond motifs is 1. The van der Waals surface area contributed by atoms with Crippen LogP contribution in [0.5, 0.6) is 0 Å². The molecule has 4 N–H and O–H groups in total. The second-order valence-electron chi connectivity index (χ2n) is 5.46. The third-order valence-electron chi connectivity index (χ3n) is 3.85. The molecule has 8 nitrogen and oxygen atoms in total. The molecule has 1 aromatic carbocycles. The standard InChI is InChI=1S/C17H17N5O3/c1-18-11-4-2-10(3-5-11)13(8-14(23)24)22-17(25)15-12-6-7-19-16(12)21-9-20-15/h2-7,9,13,18H,8H2,1H3,(H,22,25)(H,23,24)(H,19,20,21)/t13-/m1/s1. The third kappa shape index (κ3) is 3.57. The molecule has 3 rings (SSSR count). The van der Waals surface area contributed by atoms with Gasteiger partial charge in [0.25, 0.3) is 5.91 Å². The van der Waals surface area contributed by atoms with Crippen molar-refractivity contribution in [2.24, 2.45) is 0 Å². The molecule has 0 aliphatic heterocycles. The Hall–Kier alpha value is -3.42. The summed E-state index contributed by atoms with van der Waals surface area (Å²) in [6, 6.07) is 8.26. The lowest BCUT2D eigenvalue weighted by atomic mass is 10.0. The minimum Gasteiger partial charge on any atom is -0.481 e. The van der Waals surface area contributed by atoms with Crippen LogP contribution in [0.1, 0.15) is 28.5 Å². The van der Waals surface area contributed by atoms with Gasteiger partial charge in [0.2, 0.25) is 0 Å². The Bertz CT molecular complexity index is 904. The van der Waals surface area contributed by atoms with Crippen LogP contribution in [-0.2, 0) is 4.79 Å². The van der Waals surface area contributed by atoms with Gasteiger partial charge in [0.1, 0.15) is 17.7 Å². The summed E-state index contributed by atoms with van der Waals surface area (Å²) in [6.07, 6.45) is 2.73. The predicted molar refractivity (Wildman–Crippen MR) is 92.3 cm³/mol. The van der Waals surface area contributed by atoms with Gasteiger partial charge in [-0.25, -0.2) is 9.97 Å². The number of nitrogens with one attached hydrogen (secondary N) is 3. The Morgan fingerprint density at radius 1 is 1.20 bits per heavy atom. The molecule has 0 saturated heterocycles. The molecule has 1 amide bonds. The molecular weight excluding hydrogens is 322 g/mol. The molecule has 0 aliphatic rings. The maximum Gasteiger partial charge on any atom is 0.305 e. The second-order valence-corrected chi connectivity index (χ2v) is 5.46. The smallest absolute Gasteiger partial charge is 0.305 e. The number of aliphatic carboxylic acids is 1. The third-order valence-corrected chi connectivity index (χ3v) is 3.85. The second kappa shape index (κ2) is 7.00. The molecule has 2 heterocycles. The van der Waals surface area contributed by atoms with E-state index in [1.54, 1.807) is 31.4 Å². The van der Waals surface area contributed by atoms with E-state index < -0.39 is 17.9 Å². The zero-order valence-electron chi connectivity index (χ0n) is 13.5. The van der Waals surface area contributed by atoms with Crippen molar-refractivity contribution in [1.29, 1.82) is 0 Å². The molecule has 2 aromatic heterocycles. The summed E-state index contributed by atoms with van der Waals surface area (Å²) in [4.78, 5) is 34.8. The van der Waals surface area contributed by atoms with E-state index in [9.17, 15) is 14.7 Å². The van der Waals surface area contributed by atoms with Crippen LogP contribution in [0.15, 0.2) is 42.9 Å². The lowest BCUT2D eigenvalue weighted by Crippen LogP contribution is -2.31. The Kier molecular flexibility index (Phi) is 4.60. The fraction of sp³-hybridized carbons (Fsp3) is 0.176. The van der Waals surface area contributed by atoms with Crippen molar-refractivity contribution in [2.45, 2.75) is 12.5 Å². The normalized spacial score (nSPS) is 11.9. The average molecular weight is 339 g/mol. The van der Waals surface area contributed by atoms with Gasteiger partial charge in [-0.3, -0.25) is 9.59 Å². The molecule has 8 heteroatoms. The van der Waals surface area contributed by atoms with Gasteiger partial charge in [-0.05, 0) is 23.8 Å². The molecule has 0 saturated carbocycles. The van der Waals surface area contributed by atoms with E-state index in [1.165, 1.54) is 6.33 Å².